The molecule has 4 rings (SSSR count). The van der Waals surface area contributed by atoms with Crippen molar-refractivity contribution in [2.45, 2.75) is 52.5 Å². The van der Waals surface area contributed by atoms with Gasteiger partial charge in [0.25, 0.3) is 5.69 Å². The summed E-state index contributed by atoms with van der Waals surface area (Å²) in [6.07, 6.45) is 0.502. The van der Waals surface area contributed by atoms with Crippen LogP contribution in [0.15, 0.2) is 48.5 Å². The van der Waals surface area contributed by atoms with Crippen LogP contribution in [-0.2, 0) is 16.0 Å². The molecule has 2 fully saturated rings. The van der Waals surface area contributed by atoms with Gasteiger partial charge in [-0.2, -0.15) is 0 Å². The Morgan fingerprint density at radius 3 is 2.39 bits per heavy atom. The molecular weight excluding hydrogens is 458 g/mol. The summed E-state index contributed by atoms with van der Waals surface area (Å²) in [6.45, 7) is 10.0. The van der Waals surface area contributed by atoms with Gasteiger partial charge in [-0.15, -0.1) is 0 Å². The van der Waals surface area contributed by atoms with E-state index in [0.29, 0.717) is 30.4 Å². The molecule has 1 heterocycles. The molecule has 2 aliphatic rings. The van der Waals surface area contributed by atoms with E-state index in [1.807, 2.05) is 42.5 Å². The fourth-order valence-electron chi connectivity index (χ4n) is 5.12. The Morgan fingerprint density at radius 1 is 1.11 bits per heavy atom. The van der Waals surface area contributed by atoms with Crippen LogP contribution in [0.25, 0.3) is 0 Å². The summed E-state index contributed by atoms with van der Waals surface area (Å²) in [7, 11) is 0. The van der Waals surface area contributed by atoms with E-state index in [9.17, 15) is 19.7 Å². The highest BCUT2D eigenvalue weighted by molar-refractivity contribution is 5.96. The van der Waals surface area contributed by atoms with Crippen molar-refractivity contribution < 1.29 is 19.2 Å². The van der Waals surface area contributed by atoms with Gasteiger partial charge in [0.05, 0.1) is 11.0 Å². The maximum atomic E-state index is 13.3. The molecule has 0 bridgehead atoms. The summed E-state index contributed by atoms with van der Waals surface area (Å²) in [5.41, 5.74) is 2.48. The number of rotatable bonds is 10. The van der Waals surface area contributed by atoms with Crippen molar-refractivity contribution in [3.05, 3.63) is 69.8 Å². The second kappa shape index (κ2) is 10.7. The number of carbonyl (C=O) groups excluding carboxylic acids is 2. The number of imide groups is 1. The van der Waals surface area contributed by atoms with Crippen LogP contribution < -0.4 is 4.90 Å². The number of carbonyl (C=O) groups is 2. The summed E-state index contributed by atoms with van der Waals surface area (Å²) in [5.74, 6) is -0.0482. The molecule has 1 saturated heterocycles. The zero-order valence-corrected chi connectivity index (χ0v) is 21.4. The highest BCUT2D eigenvalue weighted by Crippen LogP contribution is 2.50. The molecular formula is C28H35N3O5. The van der Waals surface area contributed by atoms with Gasteiger partial charge in [-0.3, -0.25) is 14.9 Å². The van der Waals surface area contributed by atoms with Crippen LogP contribution in [0.3, 0.4) is 0 Å². The van der Waals surface area contributed by atoms with Crippen LogP contribution >= 0.6 is 0 Å². The van der Waals surface area contributed by atoms with Crippen molar-refractivity contribution in [2.24, 2.45) is 17.8 Å². The number of ether oxygens (including phenoxy) is 1. The molecule has 0 spiro atoms. The molecule has 36 heavy (non-hydrogen) atoms. The van der Waals surface area contributed by atoms with Gasteiger partial charge in [-0.1, -0.05) is 64.1 Å². The van der Waals surface area contributed by atoms with Crippen LogP contribution in [0.2, 0.25) is 0 Å². The summed E-state index contributed by atoms with van der Waals surface area (Å²) in [5, 5.41) is 12.0. The van der Waals surface area contributed by atoms with Crippen LogP contribution in [0.4, 0.5) is 16.2 Å². The molecule has 192 valence electrons. The van der Waals surface area contributed by atoms with E-state index in [0.717, 1.165) is 24.2 Å². The van der Waals surface area contributed by atoms with Gasteiger partial charge in [0.1, 0.15) is 12.3 Å². The Hall–Kier alpha value is -3.42. The number of nitrogens with zero attached hydrogens (tertiary/aromatic N) is 3. The molecule has 3 atom stereocenters. The third kappa shape index (κ3) is 5.69. The molecule has 8 heteroatoms. The van der Waals surface area contributed by atoms with Crippen molar-refractivity contribution in [1.29, 1.82) is 0 Å². The Labute approximate surface area is 212 Å². The molecule has 0 radical (unpaired) electrons. The lowest BCUT2D eigenvalue weighted by Gasteiger charge is -2.28. The number of nitro groups is 1. The van der Waals surface area contributed by atoms with E-state index in [1.165, 1.54) is 4.90 Å². The lowest BCUT2D eigenvalue weighted by atomic mass is 10.0. The second-order valence-corrected chi connectivity index (χ2v) is 10.8. The Kier molecular flexibility index (Phi) is 7.62. The molecule has 0 aromatic heterocycles. The van der Waals surface area contributed by atoms with Crippen molar-refractivity contribution in [3.8, 4) is 0 Å². The first-order chi connectivity index (χ1) is 17.2. The molecule has 1 aliphatic carbocycles. The Morgan fingerprint density at radius 2 is 1.78 bits per heavy atom. The second-order valence-electron chi connectivity index (χ2n) is 10.8. The first-order valence-electron chi connectivity index (χ1n) is 12.7. The number of amides is 2. The predicted octanol–water partition coefficient (Wildman–Crippen LogP) is 5.41. The number of hydrogen-bond donors (Lipinski definition) is 0. The van der Waals surface area contributed by atoms with E-state index in [1.54, 1.807) is 6.07 Å². The molecule has 1 unspecified atom stereocenters. The molecule has 0 N–H and O–H groups in total. The number of cyclic esters (lactones) is 1. The van der Waals surface area contributed by atoms with Crippen LogP contribution in [0.5, 0.6) is 0 Å². The molecule has 1 saturated carbocycles. The van der Waals surface area contributed by atoms with Gasteiger partial charge < -0.3 is 9.64 Å². The van der Waals surface area contributed by atoms with E-state index in [2.05, 4.69) is 32.6 Å². The average Bonchev–Trinajstić information content (AvgIpc) is 3.55. The molecule has 2 aromatic carbocycles. The van der Waals surface area contributed by atoms with Gasteiger partial charge in [-0.25, -0.2) is 9.69 Å². The zero-order chi connectivity index (χ0) is 26.0. The SMILES string of the molecule is CC(C)CN(CC(C)C)c1ccc([C@@H]2C[C@@H]2C(=O)N2C(=O)OCC2Cc2ccccc2)cc1[N+](=O)[O-]. The van der Waals surface area contributed by atoms with Gasteiger partial charge in [0.2, 0.25) is 5.91 Å². The van der Waals surface area contributed by atoms with Crippen molar-refractivity contribution >= 4 is 23.4 Å². The maximum Gasteiger partial charge on any atom is 0.416 e. The van der Waals surface area contributed by atoms with Gasteiger partial charge >= 0.3 is 6.09 Å². The number of nitro benzene ring substituents is 1. The Bertz CT molecular complexity index is 1110. The monoisotopic (exact) mass is 493 g/mol. The van der Waals surface area contributed by atoms with Gasteiger partial charge in [0, 0.05) is 25.1 Å². The first kappa shape index (κ1) is 25.7. The number of anilines is 1. The minimum atomic E-state index is -0.606. The first-order valence-corrected chi connectivity index (χ1v) is 12.7. The molecule has 8 nitrogen and oxygen atoms in total. The van der Waals surface area contributed by atoms with Gasteiger partial charge in [0.15, 0.2) is 0 Å². The zero-order valence-electron chi connectivity index (χ0n) is 21.4. The quantitative estimate of drug-likeness (QED) is 0.325. The average molecular weight is 494 g/mol. The van der Waals surface area contributed by atoms with Crippen LogP contribution in [-0.4, -0.2) is 47.6 Å². The number of hydrogen-bond acceptors (Lipinski definition) is 6. The van der Waals surface area contributed by atoms with E-state index in [-0.39, 0.29) is 41.0 Å². The van der Waals surface area contributed by atoms with Crippen molar-refractivity contribution in [2.75, 3.05) is 24.6 Å². The Balaban J connectivity index is 1.52. The fourth-order valence-corrected chi connectivity index (χ4v) is 5.12. The maximum absolute atomic E-state index is 13.3. The minimum absolute atomic E-state index is 0.0643. The topological polar surface area (TPSA) is 93.0 Å². The third-order valence-corrected chi connectivity index (χ3v) is 6.76. The van der Waals surface area contributed by atoms with E-state index < -0.39 is 6.09 Å². The van der Waals surface area contributed by atoms with Crippen LogP contribution in [0.1, 0.15) is 51.2 Å². The lowest BCUT2D eigenvalue weighted by molar-refractivity contribution is -0.384. The van der Waals surface area contributed by atoms with Crippen molar-refractivity contribution in [3.63, 3.8) is 0 Å². The largest absolute Gasteiger partial charge is 0.447 e. The highest BCUT2D eigenvalue weighted by Gasteiger charge is 2.51. The minimum Gasteiger partial charge on any atom is -0.447 e. The predicted molar refractivity (Wildman–Crippen MR) is 138 cm³/mol. The molecule has 1 aliphatic heterocycles. The van der Waals surface area contributed by atoms with Crippen LogP contribution in [0, 0.1) is 27.9 Å². The standard InChI is InChI=1S/C28H35N3O5/c1-18(2)15-29(16-19(3)4)25-11-10-21(13-26(25)31(34)35)23-14-24(23)27(32)30-22(17-36-28(30)33)12-20-8-6-5-7-9-20/h5-11,13,18-19,22-24H,12,14-17H2,1-4H3/t22?,23-,24-/m0/s1. The summed E-state index contributed by atoms with van der Waals surface area (Å²) in [6, 6.07) is 14.7. The summed E-state index contributed by atoms with van der Waals surface area (Å²) in [4.78, 5) is 40.8. The van der Waals surface area contributed by atoms with E-state index >= 15 is 0 Å². The number of benzene rings is 2. The van der Waals surface area contributed by atoms with Crippen molar-refractivity contribution in [1.82, 2.24) is 4.90 Å². The normalized spacial score (nSPS) is 21.1. The molecule has 2 amide bonds. The fraction of sp³-hybridized carbons (Fsp3) is 0.500. The third-order valence-electron chi connectivity index (χ3n) is 6.76. The summed E-state index contributed by atoms with van der Waals surface area (Å²) >= 11 is 0. The van der Waals surface area contributed by atoms with Gasteiger partial charge in [-0.05, 0) is 47.8 Å². The smallest absolute Gasteiger partial charge is 0.416 e. The highest BCUT2D eigenvalue weighted by atomic mass is 16.6. The summed E-state index contributed by atoms with van der Waals surface area (Å²) < 4.78 is 5.22. The van der Waals surface area contributed by atoms with E-state index in [4.69, 9.17) is 4.74 Å². The molecule has 2 aromatic rings. The lowest BCUT2D eigenvalue weighted by Crippen LogP contribution is -2.41.